The number of fused-ring (bicyclic) bond motifs is 5. The molecule has 1 unspecified atom stereocenters. The Bertz CT molecular complexity index is 1500. The molecular weight excluding hydrogens is 477 g/mol. The van der Waals surface area contributed by atoms with Gasteiger partial charge in [-0.2, -0.15) is 0 Å². The number of nitrogens with zero attached hydrogens (tertiary/aromatic N) is 2. The van der Waals surface area contributed by atoms with Crippen LogP contribution in [0.25, 0.3) is 10.9 Å². The third-order valence-electron chi connectivity index (χ3n) is 7.70. The van der Waals surface area contributed by atoms with Crippen LogP contribution in [0.2, 0.25) is 5.02 Å². The summed E-state index contributed by atoms with van der Waals surface area (Å²) in [5.41, 5.74) is 3.08. The van der Waals surface area contributed by atoms with Crippen LogP contribution in [-0.4, -0.2) is 46.2 Å². The Morgan fingerprint density at radius 1 is 1.03 bits per heavy atom. The van der Waals surface area contributed by atoms with E-state index in [1.54, 1.807) is 28.0 Å². The van der Waals surface area contributed by atoms with Gasteiger partial charge in [0.05, 0.1) is 12.2 Å². The summed E-state index contributed by atoms with van der Waals surface area (Å²) < 4.78 is 14.2. The van der Waals surface area contributed by atoms with Crippen LogP contribution in [0.3, 0.4) is 0 Å². The van der Waals surface area contributed by atoms with Crippen molar-refractivity contribution < 1.29 is 14.0 Å². The highest BCUT2D eigenvalue weighted by Gasteiger charge is 2.56. The van der Waals surface area contributed by atoms with Gasteiger partial charge < -0.3 is 14.8 Å². The van der Waals surface area contributed by atoms with Crippen molar-refractivity contribution in [2.75, 3.05) is 19.6 Å². The molecule has 5 nitrogen and oxygen atoms in total. The predicted molar refractivity (Wildman–Crippen MR) is 137 cm³/mol. The Morgan fingerprint density at radius 3 is 2.53 bits per heavy atom. The number of H-pyrrole nitrogens is 1. The van der Waals surface area contributed by atoms with Crippen LogP contribution in [-0.2, 0) is 21.5 Å². The quantitative estimate of drug-likeness (QED) is 0.416. The topological polar surface area (TPSA) is 56.4 Å². The molecule has 3 heterocycles. The number of carbonyl (C=O) groups is 2. The number of aromatic nitrogens is 1. The molecular formula is C29H25ClFN3O2. The molecule has 3 aromatic carbocycles. The average molecular weight is 502 g/mol. The van der Waals surface area contributed by atoms with Crippen molar-refractivity contribution in [1.82, 2.24) is 14.8 Å². The van der Waals surface area contributed by atoms with Crippen molar-refractivity contribution in [2.45, 2.75) is 24.8 Å². The second-order valence-electron chi connectivity index (χ2n) is 9.71. The molecule has 0 bridgehead atoms. The molecule has 2 aliphatic rings. The lowest BCUT2D eigenvalue weighted by atomic mass is 9.76. The number of benzene rings is 3. The smallest absolute Gasteiger partial charge is 0.254 e. The number of nitrogens with one attached hydrogen (secondary N) is 1. The molecule has 1 N–H and O–H groups in total. The number of aromatic amines is 1. The van der Waals surface area contributed by atoms with Crippen LogP contribution in [0.4, 0.5) is 4.39 Å². The second kappa shape index (κ2) is 8.49. The fourth-order valence-corrected chi connectivity index (χ4v) is 5.93. The van der Waals surface area contributed by atoms with Crippen molar-refractivity contribution in [1.29, 1.82) is 0 Å². The number of carbonyl (C=O) groups excluding carboxylic acids is 2. The van der Waals surface area contributed by atoms with Crippen LogP contribution in [0, 0.1) is 5.82 Å². The highest BCUT2D eigenvalue weighted by molar-refractivity contribution is 6.30. The van der Waals surface area contributed by atoms with Crippen LogP contribution in [0.1, 0.15) is 35.2 Å². The molecule has 2 amide bonds. The zero-order valence-corrected chi connectivity index (χ0v) is 20.6. The fraction of sp³-hybridized carbons (Fsp3) is 0.241. The summed E-state index contributed by atoms with van der Waals surface area (Å²) in [7, 11) is 0. The zero-order chi connectivity index (χ0) is 25.0. The van der Waals surface area contributed by atoms with Crippen molar-refractivity contribution >= 4 is 34.3 Å². The van der Waals surface area contributed by atoms with Crippen LogP contribution in [0.5, 0.6) is 0 Å². The van der Waals surface area contributed by atoms with E-state index in [4.69, 9.17) is 11.6 Å². The van der Waals surface area contributed by atoms with Crippen LogP contribution in [0.15, 0.2) is 72.8 Å². The summed E-state index contributed by atoms with van der Waals surface area (Å²) in [6, 6.07) is 22.2. The van der Waals surface area contributed by atoms with E-state index in [1.165, 1.54) is 6.07 Å². The molecule has 4 aromatic rings. The summed E-state index contributed by atoms with van der Waals surface area (Å²) in [4.78, 5) is 34.4. The first kappa shape index (κ1) is 22.8. The molecule has 182 valence electrons. The molecule has 1 aromatic heterocycles. The molecule has 0 saturated carbocycles. The van der Waals surface area contributed by atoms with Gasteiger partial charge >= 0.3 is 0 Å². The maximum atomic E-state index is 14.2. The van der Waals surface area contributed by atoms with Gasteiger partial charge in [0.2, 0.25) is 5.91 Å². The van der Waals surface area contributed by atoms with E-state index in [0.29, 0.717) is 23.6 Å². The average Bonchev–Trinajstić information content (AvgIpc) is 3.28. The predicted octanol–water partition coefficient (Wildman–Crippen LogP) is 5.23. The molecule has 7 heteroatoms. The molecule has 36 heavy (non-hydrogen) atoms. The van der Waals surface area contributed by atoms with E-state index in [2.05, 4.69) is 11.1 Å². The van der Waals surface area contributed by atoms with Gasteiger partial charge in [0.15, 0.2) is 5.54 Å². The summed E-state index contributed by atoms with van der Waals surface area (Å²) in [5, 5.41) is 1.69. The minimum atomic E-state index is -1.18. The molecule has 1 fully saturated rings. The number of piperazine rings is 1. The first-order valence-corrected chi connectivity index (χ1v) is 12.5. The van der Waals surface area contributed by atoms with Gasteiger partial charge in [-0.3, -0.25) is 9.59 Å². The minimum absolute atomic E-state index is 0.0220. The normalized spacial score (nSPS) is 21.6. The van der Waals surface area contributed by atoms with Gasteiger partial charge in [0, 0.05) is 34.9 Å². The molecule has 0 spiro atoms. The lowest BCUT2D eigenvalue weighted by molar-refractivity contribution is -0.166. The van der Waals surface area contributed by atoms with Crippen molar-refractivity contribution in [3.8, 4) is 0 Å². The van der Waals surface area contributed by atoms with Gasteiger partial charge in [-0.05, 0) is 54.3 Å². The Balaban J connectivity index is 1.44. The molecule has 0 aliphatic carbocycles. The Morgan fingerprint density at radius 2 is 1.75 bits per heavy atom. The van der Waals surface area contributed by atoms with E-state index < -0.39 is 5.54 Å². The van der Waals surface area contributed by atoms with E-state index in [0.717, 1.165) is 27.7 Å². The molecule has 2 atom stereocenters. The minimum Gasteiger partial charge on any atom is -0.356 e. The van der Waals surface area contributed by atoms with E-state index in [-0.39, 0.29) is 36.6 Å². The van der Waals surface area contributed by atoms with Gasteiger partial charge in [-0.25, -0.2) is 4.39 Å². The Labute approximate surface area is 213 Å². The fourth-order valence-electron chi connectivity index (χ4n) is 5.81. The second-order valence-corrected chi connectivity index (χ2v) is 10.1. The Hall–Kier alpha value is -3.64. The zero-order valence-electron chi connectivity index (χ0n) is 19.8. The standard InChI is InChI=1S/C29H25ClFN3O2/c1-29-27-26(21-7-3-5-9-24(21)32-27)22(18-10-12-20(30)13-11-18)16-34(29)25(35)17-33(28(29)36)15-14-19-6-2-4-8-23(19)31/h2-13,22,32H,14-17H2,1H3/t22?,29-/m0/s1. The van der Waals surface area contributed by atoms with Gasteiger partial charge in [-0.15, -0.1) is 0 Å². The highest BCUT2D eigenvalue weighted by Crippen LogP contribution is 2.48. The van der Waals surface area contributed by atoms with Crippen molar-refractivity contribution in [3.63, 3.8) is 0 Å². The van der Waals surface area contributed by atoms with Crippen molar-refractivity contribution in [3.05, 3.63) is 106 Å². The van der Waals surface area contributed by atoms with Crippen molar-refractivity contribution in [2.24, 2.45) is 0 Å². The van der Waals surface area contributed by atoms with Gasteiger partial charge in [-0.1, -0.05) is 60.1 Å². The number of amides is 2. The monoisotopic (exact) mass is 501 g/mol. The summed E-state index contributed by atoms with van der Waals surface area (Å²) in [5.74, 6) is -0.680. The highest BCUT2D eigenvalue weighted by atomic mass is 35.5. The third-order valence-corrected chi connectivity index (χ3v) is 7.95. The largest absolute Gasteiger partial charge is 0.356 e. The SMILES string of the molecule is C[C@]12C(=O)N(CCc3ccccc3F)CC(=O)N1CC(c1ccc(Cl)cc1)c1c2[nH]c2ccccc12. The lowest BCUT2D eigenvalue weighted by Gasteiger charge is -2.51. The summed E-state index contributed by atoms with van der Waals surface area (Å²) in [6.07, 6.45) is 0.342. The van der Waals surface area contributed by atoms with Crippen LogP contribution < -0.4 is 0 Å². The van der Waals surface area contributed by atoms with Crippen LogP contribution >= 0.6 is 11.6 Å². The summed E-state index contributed by atoms with van der Waals surface area (Å²) in [6.45, 7) is 2.46. The van der Waals surface area contributed by atoms with Gasteiger partial charge in [0.25, 0.3) is 5.91 Å². The molecule has 2 aliphatic heterocycles. The summed E-state index contributed by atoms with van der Waals surface area (Å²) >= 11 is 6.16. The Kier molecular flexibility index (Phi) is 5.38. The number of hydrogen-bond donors (Lipinski definition) is 1. The number of halogens is 2. The van der Waals surface area contributed by atoms with Gasteiger partial charge in [0.1, 0.15) is 5.82 Å². The lowest BCUT2D eigenvalue weighted by Crippen LogP contribution is -2.67. The number of hydrogen-bond acceptors (Lipinski definition) is 2. The number of rotatable bonds is 4. The molecule has 1 saturated heterocycles. The number of para-hydroxylation sites is 1. The molecule has 0 radical (unpaired) electrons. The van der Waals surface area contributed by atoms with E-state index in [1.807, 2.05) is 49.4 Å². The first-order chi connectivity index (χ1) is 17.4. The van der Waals surface area contributed by atoms with E-state index >= 15 is 0 Å². The third kappa shape index (κ3) is 3.43. The van der Waals surface area contributed by atoms with E-state index in [9.17, 15) is 14.0 Å². The first-order valence-electron chi connectivity index (χ1n) is 12.1. The maximum Gasteiger partial charge on any atom is 0.254 e. The maximum absolute atomic E-state index is 14.2. The molecule has 6 rings (SSSR count).